The summed E-state index contributed by atoms with van der Waals surface area (Å²) in [5, 5.41) is 3.57. The Morgan fingerprint density at radius 1 is 1.23 bits per heavy atom. The number of fused-ring (bicyclic) bond motifs is 1. The van der Waals surface area contributed by atoms with Gasteiger partial charge in [-0.1, -0.05) is 0 Å². The molecule has 1 amide bonds. The summed E-state index contributed by atoms with van der Waals surface area (Å²) in [6, 6.07) is 4.44. The summed E-state index contributed by atoms with van der Waals surface area (Å²) in [5.74, 6) is 1.85. The summed E-state index contributed by atoms with van der Waals surface area (Å²) in [4.78, 5) is 13.7. The van der Waals surface area contributed by atoms with Crippen LogP contribution in [0, 0.1) is 0 Å². The minimum Gasteiger partial charge on any atom is -0.493 e. The number of carbonyl (C=O) groups is 1. The van der Waals surface area contributed by atoms with E-state index in [2.05, 4.69) is 17.4 Å². The molecule has 5 heteroatoms. The van der Waals surface area contributed by atoms with Crippen molar-refractivity contribution in [1.29, 1.82) is 0 Å². The molecule has 1 saturated heterocycles. The zero-order chi connectivity index (χ0) is 15.5. The lowest BCUT2D eigenvalue weighted by atomic mass is 9.91. The van der Waals surface area contributed by atoms with Gasteiger partial charge in [-0.2, -0.15) is 0 Å². The maximum absolute atomic E-state index is 11.7. The van der Waals surface area contributed by atoms with Gasteiger partial charge in [-0.3, -0.25) is 4.79 Å². The van der Waals surface area contributed by atoms with E-state index in [0.717, 1.165) is 50.4 Å². The summed E-state index contributed by atoms with van der Waals surface area (Å²) < 4.78 is 10.8. The molecule has 3 rings (SSSR count). The molecule has 0 aromatic heterocycles. The van der Waals surface area contributed by atoms with Gasteiger partial charge in [0.1, 0.15) is 0 Å². The Kier molecular flexibility index (Phi) is 4.52. The molecule has 120 valence electrons. The van der Waals surface area contributed by atoms with Gasteiger partial charge in [0.25, 0.3) is 0 Å². The van der Waals surface area contributed by atoms with Crippen LogP contribution in [-0.4, -0.2) is 44.7 Å². The van der Waals surface area contributed by atoms with E-state index in [9.17, 15) is 4.79 Å². The number of nitrogens with zero attached hydrogens (tertiary/aromatic N) is 1. The number of likely N-dealkylation sites (tertiary alicyclic amines) is 1. The monoisotopic (exact) mass is 304 g/mol. The van der Waals surface area contributed by atoms with Crippen LogP contribution < -0.4 is 14.8 Å². The van der Waals surface area contributed by atoms with Crippen molar-refractivity contribution in [2.45, 2.75) is 31.7 Å². The molecule has 0 aliphatic carbocycles. The highest BCUT2D eigenvalue weighted by molar-refractivity contribution is 5.78. The van der Waals surface area contributed by atoms with Gasteiger partial charge in [-0.15, -0.1) is 0 Å². The summed E-state index contributed by atoms with van der Waals surface area (Å²) >= 11 is 0. The van der Waals surface area contributed by atoms with Gasteiger partial charge in [0.05, 0.1) is 14.2 Å². The van der Waals surface area contributed by atoms with Gasteiger partial charge in [-0.05, 0) is 49.1 Å². The molecule has 1 aromatic rings. The third-order valence-corrected chi connectivity index (χ3v) is 4.66. The Hall–Kier alpha value is -1.75. The molecule has 1 aromatic carbocycles. The van der Waals surface area contributed by atoms with Crippen LogP contribution in [0.5, 0.6) is 11.5 Å². The fraction of sp³-hybridized carbons (Fsp3) is 0.588. The second-order valence-electron chi connectivity index (χ2n) is 5.94. The van der Waals surface area contributed by atoms with Crippen molar-refractivity contribution in [1.82, 2.24) is 10.2 Å². The Labute approximate surface area is 131 Å². The minimum atomic E-state index is 0.275. The van der Waals surface area contributed by atoms with Gasteiger partial charge in [0.2, 0.25) is 5.91 Å². The van der Waals surface area contributed by atoms with Crippen molar-refractivity contribution in [3.8, 4) is 11.5 Å². The van der Waals surface area contributed by atoms with E-state index in [-0.39, 0.29) is 6.04 Å². The molecule has 1 atom stereocenters. The van der Waals surface area contributed by atoms with Gasteiger partial charge in [0.15, 0.2) is 11.5 Å². The van der Waals surface area contributed by atoms with E-state index < -0.39 is 0 Å². The van der Waals surface area contributed by atoms with E-state index in [4.69, 9.17) is 9.47 Å². The Bertz CT molecular complexity index is 559. The number of amides is 1. The zero-order valence-electron chi connectivity index (χ0n) is 13.4. The molecule has 0 saturated carbocycles. The van der Waals surface area contributed by atoms with Crippen molar-refractivity contribution in [3.63, 3.8) is 0 Å². The molecule has 2 heterocycles. The van der Waals surface area contributed by atoms with E-state index >= 15 is 0 Å². The van der Waals surface area contributed by atoms with Crippen LogP contribution in [-0.2, 0) is 11.2 Å². The van der Waals surface area contributed by atoms with Crippen LogP contribution in [0.1, 0.15) is 36.4 Å². The predicted octanol–water partition coefficient (Wildman–Crippen LogP) is 1.90. The number of benzene rings is 1. The number of ether oxygens (including phenoxy) is 2. The van der Waals surface area contributed by atoms with Crippen molar-refractivity contribution in [2.75, 3.05) is 33.9 Å². The number of carbonyl (C=O) groups excluding carboxylic acids is 1. The first kappa shape index (κ1) is 15.2. The summed E-state index contributed by atoms with van der Waals surface area (Å²) in [6.45, 7) is 2.69. The van der Waals surface area contributed by atoms with Gasteiger partial charge in [0, 0.05) is 25.6 Å². The molecular weight excluding hydrogens is 280 g/mol. The van der Waals surface area contributed by atoms with Crippen LogP contribution in [0.15, 0.2) is 12.1 Å². The van der Waals surface area contributed by atoms with Crippen LogP contribution in [0.2, 0.25) is 0 Å². The topological polar surface area (TPSA) is 50.8 Å². The predicted molar refractivity (Wildman–Crippen MR) is 84.4 cm³/mol. The van der Waals surface area contributed by atoms with E-state index in [1.54, 1.807) is 14.2 Å². The van der Waals surface area contributed by atoms with Crippen molar-refractivity contribution < 1.29 is 14.3 Å². The fourth-order valence-corrected chi connectivity index (χ4v) is 3.45. The third kappa shape index (κ3) is 2.90. The maximum Gasteiger partial charge on any atom is 0.222 e. The minimum absolute atomic E-state index is 0.275. The average molecular weight is 304 g/mol. The number of hydrogen-bond donors (Lipinski definition) is 1. The highest BCUT2D eigenvalue weighted by Crippen LogP contribution is 2.36. The summed E-state index contributed by atoms with van der Waals surface area (Å²) in [6.07, 6.45) is 3.64. The number of rotatable bonds is 5. The molecule has 2 aliphatic heterocycles. The van der Waals surface area contributed by atoms with Crippen molar-refractivity contribution in [3.05, 3.63) is 23.3 Å². The molecule has 0 spiro atoms. The van der Waals surface area contributed by atoms with E-state index in [1.165, 1.54) is 11.1 Å². The van der Waals surface area contributed by atoms with E-state index in [1.807, 2.05) is 4.90 Å². The highest BCUT2D eigenvalue weighted by Gasteiger charge is 2.25. The standard InChI is InChI=1S/C17H24N2O3/c1-21-15-10-12-5-7-18-14(13(12)11-16(15)22-2)6-9-19-8-3-4-17(19)20/h10-11,14,18H,3-9H2,1-2H3. The molecular formula is C17H24N2O3. The molecule has 5 nitrogen and oxygen atoms in total. The van der Waals surface area contributed by atoms with Crippen molar-refractivity contribution >= 4 is 5.91 Å². The maximum atomic E-state index is 11.7. The largest absolute Gasteiger partial charge is 0.493 e. The molecule has 1 N–H and O–H groups in total. The van der Waals surface area contributed by atoms with Crippen LogP contribution in [0.4, 0.5) is 0 Å². The van der Waals surface area contributed by atoms with E-state index in [0.29, 0.717) is 12.3 Å². The Balaban J connectivity index is 1.76. The molecule has 1 fully saturated rings. The van der Waals surface area contributed by atoms with Gasteiger partial charge >= 0.3 is 0 Å². The molecule has 2 aliphatic rings. The van der Waals surface area contributed by atoms with Crippen LogP contribution in [0.25, 0.3) is 0 Å². The first-order chi connectivity index (χ1) is 10.7. The SMILES string of the molecule is COc1cc2c(cc1OC)C(CCN1CCCC1=O)NCC2. The second kappa shape index (κ2) is 6.57. The lowest BCUT2D eigenvalue weighted by Gasteiger charge is -2.29. The normalized spacial score (nSPS) is 20.9. The molecule has 22 heavy (non-hydrogen) atoms. The lowest BCUT2D eigenvalue weighted by Crippen LogP contribution is -2.34. The van der Waals surface area contributed by atoms with Gasteiger partial charge in [-0.25, -0.2) is 0 Å². The quantitative estimate of drug-likeness (QED) is 0.903. The average Bonchev–Trinajstić information content (AvgIpc) is 2.96. The Morgan fingerprint density at radius 2 is 2.00 bits per heavy atom. The smallest absolute Gasteiger partial charge is 0.222 e. The molecule has 1 unspecified atom stereocenters. The van der Waals surface area contributed by atoms with Crippen LogP contribution in [0.3, 0.4) is 0 Å². The highest BCUT2D eigenvalue weighted by atomic mass is 16.5. The first-order valence-corrected chi connectivity index (χ1v) is 7.99. The number of methoxy groups -OCH3 is 2. The Morgan fingerprint density at radius 3 is 2.68 bits per heavy atom. The number of hydrogen-bond acceptors (Lipinski definition) is 4. The lowest BCUT2D eigenvalue weighted by molar-refractivity contribution is -0.127. The second-order valence-corrected chi connectivity index (χ2v) is 5.94. The zero-order valence-corrected chi connectivity index (χ0v) is 13.4. The van der Waals surface area contributed by atoms with Crippen molar-refractivity contribution in [2.24, 2.45) is 0 Å². The molecule has 0 radical (unpaired) electrons. The summed E-state index contributed by atoms with van der Waals surface area (Å²) in [7, 11) is 3.33. The third-order valence-electron chi connectivity index (χ3n) is 4.66. The first-order valence-electron chi connectivity index (χ1n) is 7.99. The number of nitrogens with one attached hydrogen (secondary N) is 1. The summed E-state index contributed by atoms with van der Waals surface area (Å²) in [5.41, 5.74) is 2.59. The fourth-order valence-electron chi connectivity index (χ4n) is 3.45. The van der Waals surface area contributed by atoms with Crippen LogP contribution >= 0.6 is 0 Å². The molecule has 0 bridgehead atoms. The van der Waals surface area contributed by atoms with Gasteiger partial charge < -0.3 is 19.7 Å².